The monoisotopic (exact) mass is 458 g/mol. The molecule has 178 valence electrons. The smallest absolute Gasteiger partial charge is 0.303 e. The van der Waals surface area contributed by atoms with Crippen LogP contribution in [0.2, 0.25) is 0 Å². The van der Waals surface area contributed by atoms with Crippen LogP contribution in [0.3, 0.4) is 0 Å². The number of ether oxygens (including phenoxy) is 6. The molecule has 2 aliphatic carbocycles. The molecular formula is C20H26O12. The summed E-state index contributed by atoms with van der Waals surface area (Å²) in [5.74, 6) is -6.29. The fourth-order valence-corrected chi connectivity index (χ4v) is 4.36. The first-order chi connectivity index (χ1) is 14.8. The van der Waals surface area contributed by atoms with Crippen LogP contribution >= 0.6 is 0 Å². The van der Waals surface area contributed by atoms with E-state index < -0.39 is 84.3 Å². The molecule has 0 heterocycles. The summed E-state index contributed by atoms with van der Waals surface area (Å²) in [5.41, 5.74) is 0. The van der Waals surface area contributed by atoms with Gasteiger partial charge in [-0.05, 0) is 0 Å². The van der Waals surface area contributed by atoms with Gasteiger partial charge in [0.05, 0.1) is 11.8 Å². The fraction of sp³-hybridized carbons (Fsp3) is 0.700. The van der Waals surface area contributed by atoms with Crippen molar-refractivity contribution in [2.75, 3.05) is 0 Å². The lowest BCUT2D eigenvalue weighted by atomic mass is 9.56. The highest BCUT2D eigenvalue weighted by molar-refractivity contribution is 5.70. The minimum atomic E-state index is -1.39. The van der Waals surface area contributed by atoms with E-state index in [9.17, 15) is 28.8 Å². The molecule has 2 rings (SSSR count). The molecule has 2 saturated carbocycles. The van der Waals surface area contributed by atoms with Crippen molar-refractivity contribution in [3.8, 4) is 0 Å². The zero-order chi connectivity index (χ0) is 24.3. The van der Waals surface area contributed by atoms with Crippen LogP contribution < -0.4 is 0 Å². The lowest BCUT2D eigenvalue weighted by Gasteiger charge is -2.59. The van der Waals surface area contributed by atoms with E-state index in [4.69, 9.17) is 28.4 Å². The molecule has 0 unspecified atom stereocenters. The maximum absolute atomic E-state index is 11.8. The van der Waals surface area contributed by atoms with Gasteiger partial charge in [-0.3, -0.25) is 28.8 Å². The molecule has 2 aliphatic rings. The summed E-state index contributed by atoms with van der Waals surface area (Å²) >= 11 is 0. The van der Waals surface area contributed by atoms with Gasteiger partial charge in [0.15, 0.2) is 12.2 Å². The van der Waals surface area contributed by atoms with Crippen molar-refractivity contribution in [1.82, 2.24) is 0 Å². The number of rotatable bonds is 6. The molecule has 0 amide bonds. The number of carbonyl (C=O) groups is 6. The number of fused-ring (bicyclic) bond motifs is 1. The quantitative estimate of drug-likeness (QED) is 0.383. The summed E-state index contributed by atoms with van der Waals surface area (Å²) in [6, 6.07) is 0. The first kappa shape index (κ1) is 25.1. The second-order valence-electron chi connectivity index (χ2n) is 7.60. The highest BCUT2D eigenvalue weighted by Crippen LogP contribution is 2.52. The van der Waals surface area contributed by atoms with E-state index >= 15 is 0 Å². The number of hydrogen-bond donors (Lipinski definition) is 0. The highest BCUT2D eigenvalue weighted by Gasteiger charge is 2.71. The third kappa shape index (κ3) is 5.54. The van der Waals surface area contributed by atoms with Crippen LogP contribution in [0.4, 0.5) is 0 Å². The van der Waals surface area contributed by atoms with Crippen LogP contribution in [-0.4, -0.2) is 72.4 Å². The van der Waals surface area contributed by atoms with Crippen LogP contribution in [0, 0.1) is 11.8 Å². The zero-order valence-corrected chi connectivity index (χ0v) is 18.5. The number of hydrogen-bond acceptors (Lipinski definition) is 12. The Morgan fingerprint density at radius 2 is 0.500 bits per heavy atom. The van der Waals surface area contributed by atoms with Crippen molar-refractivity contribution in [2.45, 2.75) is 78.2 Å². The Hall–Kier alpha value is -3.18. The minimum Gasteiger partial charge on any atom is -0.458 e. The SMILES string of the molecule is CC(=O)O[C@@H]1[C@H](OC(C)=O)[C@H](OC(C)=O)[C@H]2[C@H](OC(C)=O)[C@@H](OC(C)=O)[C@H]2[C@@H]1OC(C)=O. The molecular weight excluding hydrogens is 432 g/mol. The van der Waals surface area contributed by atoms with Crippen molar-refractivity contribution in [2.24, 2.45) is 11.8 Å². The van der Waals surface area contributed by atoms with E-state index in [1.54, 1.807) is 0 Å². The van der Waals surface area contributed by atoms with Gasteiger partial charge < -0.3 is 28.4 Å². The van der Waals surface area contributed by atoms with Gasteiger partial charge in [0.2, 0.25) is 0 Å². The van der Waals surface area contributed by atoms with Gasteiger partial charge >= 0.3 is 35.8 Å². The molecule has 32 heavy (non-hydrogen) atoms. The highest BCUT2D eigenvalue weighted by atomic mass is 16.6. The summed E-state index contributed by atoms with van der Waals surface area (Å²) in [5, 5.41) is 0. The molecule has 12 heteroatoms. The fourth-order valence-electron chi connectivity index (χ4n) is 4.36. The molecule has 12 nitrogen and oxygen atoms in total. The Morgan fingerprint density at radius 1 is 0.344 bits per heavy atom. The molecule has 8 atom stereocenters. The van der Waals surface area contributed by atoms with E-state index in [-0.39, 0.29) is 0 Å². The van der Waals surface area contributed by atoms with E-state index in [1.807, 2.05) is 0 Å². The van der Waals surface area contributed by atoms with Crippen molar-refractivity contribution in [3.63, 3.8) is 0 Å². The molecule has 0 aromatic rings. The molecule has 0 N–H and O–H groups in total. The molecule has 0 aliphatic heterocycles. The average Bonchev–Trinajstić information content (AvgIpc) is 2.61. The Bertz CT molecular complexity index is 738. The van der Waals surface area contributed by atoms with E-state index in [0.717, 1.165) is 41.5 Å². The maximum atomic E-state index is 11.8. The molecule has 0 aromatic heterocycles. The van der Waals surface area contributed by atoms with Crippen molar-refractivity contribution in [1.29, 1.82) is 0 Å². The normalized spacial score (nSPS) is 32.8. The van der Waals surface area contributed by atoms with Crippen LogP contribution in [-0.2, 0) is 57.2 Å². The van der Waals surface area contributed by atoms with Gasteiger partial charge in [-0.2, -0.15) is 0 Å². The summed E-state index contributed by atoms with van der Waals surface area (Å²) in [7, 11) is 0. The maximum Gasteiger partial charge on any atom is 0.303 e. The Balaban J connectivity index is 2.63. The first-order valence-corrected chi connectivity index (χ1v) is 9.86. The van der Waals surface area contributed by atoms with Crippen molar-refractivity contribution < 1.29 is 57.2 Å². The Kier molecular flexibility index (Phi) is 7.81. The molecule has 0 saturated heterocycles. The topological polar surface area (TPSA) is 158 Å². The average molecular weight is 458 g/mol. The van der Waals surface area contributed by atoms with Crippen LogP contribution in [0.5, 0.6) is 0 Å². The van der Waals surface area contributed by atoms with Gasteiger partial charge in [-0.15, -0.1) is 0 Å². The van der Waals surface area contributed by atoms with E-state index in [0.29, 0.717) is 0 Å². The molecule has 0 radical (unpaired) electrons. The van der Waals surface area contributed by atoms with Crippen LogP contribution in [0.15, 0.2) is 0 Å². The second-order valence-corrected chi connectivity index (χ2v) is 7.60. The molecule has 2 fully saturated rings. The van der Waals surface area contributed by atoms with Gasteiger partial charge in [-0.1, -0.05) is 0 Å². The minimum absolute atomic E-state index is 0.706. The standard InChI is InChI=1S/C20H26O12/c1-7(21)27-15-13-14(16(15)28-8(2)22)18(30-10(4)24)20(32-12(6)26)19(31-11(5)25)17(13)29-9(3)23/h13-20H,1-6H3/t13-,14+,15-,16-,17-,18+,19-,20+/m0/s1. The lowest BCUT2D eigenvalue weighted by molar-refractivity contribution is -0.300. The number of esters is 6. The predicted octanol–water partition coefficient (Wildman–Crippen LogP) is -0.164. The largest absolute Gasteiger partial charge is 0.458 e. The summed E-state index contributed by atoms with van der Waals surface area (Å²) < 4.78 is 32.0. The van der Waals surface area contributed by atoms with Crippen LogP contribution in [0.1, 0.15) is 41.5 Å². The third-order valence-electron chi connectivity index (χ3n) is 5.07. The van der Waals surface area contributed by atoms with Gasteiger partial charge in [0.25, 0.3) is 0 Å². The zero-order valence-electron chi connectivity index (χ0n) is 18.5. The molecule has 0 aromatic carbocycles. The summed E-state index contributed by atoms with van der Waals surface area (Å²) in [6.45, 7) is 6.68. The predicted molar refractivity (Wildman–Crippen MR) is 100 cm³/mol. The van der Waals surface area contributed by atoms with Gasteiger partial charge in [0.1, 0.15) is 24.4 Å². The molecule has 0 spiro atoms. The second kappa shape index (κ2) is 9.96. The summed E-state index contributed by atoms with van der Waals surface area (Å²) in [4.78, 5) is 70.7. The van der Waals surface area contributed by atoms with Crippen LogP contribution in [0.25, 0.3) is 0 Å². The first-order valence-electron chi connectivity index (χ1n) is 9.86. The Labute approximate surface area is 183 Å². The lowest BCUT2D eigenvalue weighted by Crippen LogP contribution is -2.76. The van der Waals surface area contributed by atoms with Gasteiger partial charge in [0, 0.05) is 41.5 Å². The van der Waals surface area contributed by atoms with Crippen molar-refractivity contribution in [3.05, 3.63) is 0 Å². The number of carbonyl (C=O) groups excluding carboxylic acids is 6. The third-order valence-corrected chi connectivity index (χ3v) is 5.07. The van der Waals surface area contributed by atoms with E-state index in [1.165, 1.54) is 0 Å². The molecule has 0 bridgehead atoms. The van der Waals surface area contributed by atoms with Gasteiger partial charge in [-0.25, -0.2) is 0 Å². The van der Waals surface area contributed by atoms with E-state index in [2.05, 4.69) is 0 Å². The summed E-state index contributed by atoms with van der Waals surface area (Å²) in [6.07, 6.45) is -7.48. The van der Waals surface area contributed by atoms with Crippen molar-refractivity contribution >= 4 is 35.8 Å². The Morgan fingerprint density at radius 3 is 0.688 bits per heavy atom.